The molecule has 8 bridgehead atoms. The van der Waals surface area contributed by atoms with E-state index in [0.29, 0.717) is 24.3 Å². The summed E-state index contributed by atoms with van der Waals surface area (Å²) in [5, 5.41) is 10.2. The van der Waals surface area contributed by atoms with Gasteiger partial charge in [0.05, 0.1) is 65.5 Å². The Morgan fingerprint density at radius 2 is 0.607 bits per heavy atom. The second-order valence-electron chi connectivity index (χ2n) is 25.6. The van der Waals surface area contributed by atoms with Crippen LogP contribution in [0.4, 0.5) is 0 Å². The van der Waals surface area contributed by atoms with Crippen molar-refractivity contribution in [2.75, 3.05) is 39.5 Å². The predicted octanol–water partition coefficient (Wildman–Crippen LogP) is 19.3. The van der Waals surface area contributed by atoms with Crippen molar-refractivity contribution < 1.29 is 28.5 Å². The van der Waals surface area contributed by atoms with E-state index in [9.17, 15) is 9.59 Å². The highest BCUT2D eigenvalue weighted by atomic mass is 32.2. The van der Waals surface area contributed by atoms with Crippen molar-refractivity contribution in [1.29, 1.82) is 0 Å². The number of benzene rings is 8. The van der Waals surface area contributed by atoms with Crippen molar-refractivity contribution in [3.05, 3.63) is 167 Å². The van der Waals surface area contributed by atoms with Gasteiger partial charge in [0, 0.05) is 11.1 Å². The molecule has 8 aromatic rings. The number of carbonyl (C=O) groups is 2. The number of hydrogen-bond donors (Lipinski definition) is 2. The SMILES string of the molecule is CCCOc1c2cc(C(C)(C)C)cc1Sc1cc(C(C)(C)C)cc(c1OCCNC(=O)c1cccc3ccccc13)Sc1cc(C(C)(C)C)cc(c1OCCC)Sc1cc(C(C)(C)C)cc(c1OCCNC(=O)c1cccc3ccccc13)S2. The van der Waals surface area contributed by atoms with E-state index >= 15 is 0 Å². The van der Waals surface area contributed by atoms with Gasteiger partial charge in [-0.15, -0.1) is 0 Å². The van der Waals surface area contributed by atoms with Gasteiger partial charge in [0.15, 0.2) is 0 Å². The Hall–Kier alpha value is -6.18. The number of hydrogen-bond acceptors (Lipinski definition) is 10. The van der Waals surface area contributed by atoms with Gasteiger partial charge in [0.2, 0.25) is 0 Å². The van der Waals surface area contributed by atoms with E-state index in [1.807, 2.05) is 84.9 Å². The zero-order valence-corrected chi connectivity index (χ0v) is 54.7. The van der Waals surface area contributed by atoms with Gasteiger partial charge in [-0.3, -0.25) is 9.59 Å². The molecule has 1 aliphatic rings. The van der Waals surface area contributed by atoms with Crippen molar-refractivity contribution in [2.24, 2.45) is 0 Å². The molecular formula is C72H82N2O6S4. The van der Waals surface area contributed by atoms with Crippen molar-refractivity contribution in [3.8, 4) is 23.0 Å². The number of rotatable bonds is 16. The first-order valence-electron chi connectivity index (χ1n) is 29.4. The van der Waals surface area contributed by atoms with E-state index in [2.05, 4.69) is 156 Å². The van der Waals surface area contributed by atoms with Crippen LogP contribution in [0.15, 0.2) is 173 Å². The normalized spacial score (nSPS) is 12.9. The van der Waals surface area contributed by atoms with E-state index in [1.165, 1.54) is 0 Å². The molecule has 8 nitrogen and oxygen atoms in total. The Morgan fingerprint density at radius 1 is 0.357 bits per heavy atom. The topological polar surface area (TPSA) is 95.1 Å². The zero-order chi connectivity index (χ0) is 60.1. The third-order valence-corrected chi connectivity index (χ3v) is 18.8. The van der Waals surface area contributed by atoms with E-state index in [4.69, 9.17) is 18.9 Å². The third kappa shape index (κ3) is 14.7. The molecule has 9 rings (SSSR count). The predicted molar refractivity (Wildman–Crippen MR) is 352 cm³/mol. The van der Waals surface area contributed by atoms with Crippen molar-refractivity contribution in [1.82, 2.24) is 10.6 Å². The van der Waals surface area contributed by atoms with Crippen LogP contribution in [0.25, 0.3) is 21.5 Å². The van der Waals surface area contributed by atoms with Gasteiger partial charge < -0.3 is 29.6 Å². The average molecular weight is 1200 g/mol. The van der Waals surface area contributed by atoms with Crippen molar-refractivity contribution in [3.63, 3.8) is 0 Å². The highest BCUT2D eigenvalue weighted by molar-refractivity contribution is 8.01. The smallest absolute Gasteiger partial charge is 0.252 e. The van der Waals surface area contributed by atoms with E-state index < -0.39 is 0 Å². The molecule has 0 saturated carbocycles. The van der Waals surface area contributed by atoms with Crippen LogP contribution >= 0.6 is 47.0 Å². The molecule has 0 atom stereocenters. The summed E-state index contributed by atoms with van der Waals surface area (Å²) < 4.78 is 28.4. The van der Waals surface area contributed by atoms with Crippen LogP contribution in [0.3, 0.4) is 0 Å². The van der Waals surface area contributed by atoms with Crippen LogP contribution in [0.2, 0.25) is 0 Å². The van der Waals surface area contributed by atoms with Crippen LogP contribution in [-0.4, -0.2) is 51.3 Å². The summed E-state index contributed by atoms with van der Waals surface area (Å²) in [7, 11) is 0. The molecule has 0 spiro atoms. The molecule has 0 aromatic heterocycles. The van der Waals surface area contributed by atoms with Crippen molar-refractivity contribution in [2.45, 2.75) is 171 Å². The fourth-order valence-corrected chi connectivity index (χ4v) is 14.6. The van der Waals surface area contributed by atoms with Gasteiger partial charge in [-0.2, -0.15) is 0 Å². The van der Waals surface area contributed by atoms with Gasteiger partial charge in [-0.25, -0.2) is 0 Å². The fourth-order valence-electron chi connectivity index (χ4n) is 9.77. The molecule has 0 fully saturated rings. The van der Waals surface area contributed by atoms with Crippen LogP contribution in [0.1, 0.15) is 153 Å². The van der Waals surface area contributed by atoms with Crippen molar-refractivity contribution >= 4 is 80.4 Å². The van der Waals surface area contributed by atoms with E-state index in [0.717, 1.165) is 119 Å². The minimum absolute atomic E-state index is 0.149. The maximum atomic E-state index is 14.0. The van der Waals surface area contributed by atoms with Crippen LogP contribution in [0, 0.1) is 0 Å². The van der Waals surface area contributed by atoms with E-state index in [1.54, 1.807) is 47.0 Å². The quantitative estimate of drug-likeness (QED) is 0.0911. The molecule has 8 aromatic carbocycles. The summed E-state index contributed by atoms with van der Waals surface area (Å²) in [6.45, 7) is 33.4. The monoisotopic (exact) mass is 1200 g/mol. The molecule has 84 heavy (non-hydrogen) atoms. The third-order valence-electron chi connectivity index (χ3n) is 14.7. The van der Waals surface area contributed by atoms with Crippen LogP contribution in [0.5, 0.6) is 23.0 Å². The minimum atomic E-state index is -0.247. The first-order valence-corrected chi connectivity index (χ1v) is 32.7. The molecule has 1 aliphatic heterocycles. The lowest BCUT2D eigenvalue weighted by molar-refractivity contribution is 0.0940. The van der Waals surface area contributed by atoms with Gasteiger partial charge in [0.1, 0.15) is 36.2 Å². The highest BCUT2D eigenvalue weighted by Crippen LogP contribution is 2.56. The first kappa shape index (κ1) is 62.4. The lowest BCUT2D eigenvalue weighted by Gasteiger charge is -2.28. The lowest BCUT2D eigenvalue weighted by Crippen LogP contribution is -2.28. The van der Waals surface area contributed by atoms with Gasteiger partial charge in [-0.05, 0) is 139 Å². The molecule has 2 amide bonds. The molecule has 0 aliphatic carbocycles. The fraction of sp³-hybridized carbons (Fsp3) is 0.361. The maximum absolute atomic E-state index is 14.0. The summed E-state index contributed by atoms with van der Waals surface area (Å²) >= 11 is 6.65. The number of ether oxygens (including phenoxy) is 4. The Labute approximate surface area is 516 Å². The molecule has 440 valence electrons. The minimum Gasteiger partial charge on any atom is -0.491 e. The Kier molecular flexibility index (Phi) is 19.5. The summed E-state index contributed by atoms with van der Waals surface area (Å²) in [6, 6.07) is 46.0. The van der Waals surface area contributed by atoms with Crippen LogP contribution in [-0.2, 0) is 21.7 Å². The molecule has 12 heteroatoms. The number of carbonyl (C=O) groups excluding carboxylic acids is 2. The number of amides is 2. The molecular weight excluding hydrogens is 1120 g/mol. The van der Waals surface area contributed by atoms with Gasteiger partial charge in [0.25, 0.3) is 11.8 Å². The molecule has 0 saturated heterocycles. The Balaban J connectivity index is 1.24. The summed E-state index contributed by atoms with van der Waals surface area (Å²) in [5.74, 6) is 2.72. The molecule has 0 unspecified atom stereocenters. The van der Waals surface area contributed by atoms with E-state index in [-0.39, 0.29) is 59.8 Å². The van der Waals surface area contributed by atoms with Gasteiger partial charge in [-0.1, -0.05) is 217 Å². The summed E-state index contributed by atoms with van der Waals surface area (Å²) in [4.78, 5) is 35.5. The number of fused-ring (bicyclic) bond motifs is 10. The standard InChI is InChI=1S/C72H82N2O6S4/c1-15-33-77-63-55-37-47(69(3,4)5)38-56(63)82-60-42-50(72(12,13)14)44-62(66(60)80-36-32-74-68(76)54-30-22-26-46-24-18-20-28-52(46)54)84-58-40-48(70(6,7)8)39-57(64(58)78-34-16-2)83-61-43-49(71(9,10)11)41-59(81-55)65(61)79-35-31-73-67(75)53-29-21-25-45-23-17-19-27-51(45)53/h17-30,37-44H,15-16,31-36H2,1-14H3,(H,73,75)(H,74,76). The summed E-state index contributed by atoms with van der Waals surface area (Å²) in [6.07, 6.45) is 1.62. The van der Waals surface area contributed by atoms with Gasteiger partial charge >= 0.3 is 0 Å². The lowest BCUT2D eigenvalue weighted by atomic mass is 9.87. The largest absolute Gasteiger partial charge is 0.491 e. The second-order valence-corrected chi connectivity index (χ2v) is 29.9. The zero-order valence-electron chi connectivity index (χ0n) is 51.4. The van der Waals surface area contributed by atoms with Crippen LogP contribution < -0.4 is 29.6 Å². The molecule has 0 radical (unpaired) electrons. The highest BCUT2D eigenvalue weighted by Gasteiger charge is 2.31. The Bertz CT molecular complexity index is 3360. The summed E-state index contributed by atoms with van der Waals surface area (Å²) in [5.41, 5.74) is 4.88. The molecule has 2 N–H and O–H groups in total. The first-order chi connectivity index (χ1) is 39.9. The Morgan fingerprint density at radius 3 is 0.869 bits per heavy atom. The second kappa shape index (κ2) is 26.2. The maximum Gasteiger partial charge on any atom is 0.252 e. The molecule has 1 heterocycles. The average Bonchev–Trinajstić information content (AvgIpc) is 3.63. The number of nitrogens with one attached hydrogen (secondary N) is 2.